The largest absolute Gasteiger partial charge is 0.462 e. The summed E-state index contributed by atoms with van der Waals surface area (Å²) in [5.74, 6) is 0.576. The Balaban J connectivity index is 2.43. The van der Waals surface area contributed by atoms with E-state index in [2.05, 4.69) is 13.8 Å². The Morgan fingerprint density at radius 1 is 1.50 bits per heavy atom. The van der Waals surface area contributed by atoms with Gasteiger partial charge in [0, 0.05) is 6.42 Å². The van der Waals surface area contributed by atoms with Crippen molar-refractivity contribution in [2.45, 2.75) is 52.1 Å². The fraction of sp³-hybridized carbons (Fsp3) is 0.900. The normalized spacial score (nSPS) is 24.2. The maximum atomic E-state index is 11.0. The Kier molecular flexibility index (Phi) is 3.57. The van der Waals surface area contributed by atoms with Crippen LogP contribution in [0.4, 0.5) is 0 Å². The van der Waals surface area contributed by atoms with E-state index in [0.717, 1.165) is 25.7 Å². The van der Waals surface area contributed by atoms with E-state index in [-0.39, 0.29) is 12.1 Å². The molecule has 0 amide bonds. The van der Waals surface area contributed by atoms with Gasteiger partial charge in [-0.05, 0) is 31.6 Å². The molecule has 1 fully saturated rings. The van der Waals surface area contributed by atoms with Crippen LogP contribution < -0.4 is 0 Å². The topological polar surface area (TPSA) is 26.3 Å². The van der Waals surface area contributed by atoms with Crippen molar-refractivity contribution in [1.29, 1.82) is 0 Å². The third-order valence-electron chi connectivity index (χ3n) is 2.73. The van der Waals surface area contributed by atoms with Gasteiger partial charge in [-0.1, -0.05) is 13.8 Å². The minimum absolute atomic E-state index is 0.00171. The Morgan fingerprint density at radius 3 is 2.67 bits per heavy atom. The highest BCUT2D eigenvalue weighted by Crippen LogP contribution is 2.25. The lowest BCUT2D eigenvalue weighted by molar-refractivity contribution is -0.157. The summed E-state index contributed by atoms with van der Waals surface area (Å²) in [5.41, 5.74) is 0. The van der Waals surface area contributed by atoms with E-state index in [1.54, 1.807) is 0 Å². The third kappa shape index (κ3) is 2.23. The maximum absolute atomic E-state index is 11.0. The number of ether oxygens (including phenoxy) is 1. The molecule has 1 heterocycles. The van der Waals surface area contributed by atoms with E-state index >= 15 is 0 Å². The Labute approximate surface area is 74.3 Å². The number of rotatable bonds is 3. The van der Waals surface area contributed by atoms with Crippen molar-refractivity contribution < 1.29 is 9.53 Å². The van der Waals surface area contributed by atoms with Gasteiger partial charge < -0.3 is 4.74 Å². The van der Waals surface area contributed by atoms with Gasteiger partial charge in [-0.3, -0.25) is 4.79 Å². The van der Waals surface area contributed by atoms with Gasteiger partial charge in [-0.25, -0.2) is 0 Å². The number of hydrogen-bond acceptors (Lipinski definition) is 2. The summed E-state index contributed by atoms with van der Waals surface area (Å²) in [5, 5.41) is 0. The molecule has 0 aromatic heterocycles. The summed E-state index contributed by atoms with van der Waals surface area (Å²) in [7, 11) is 0. The highest BCUT2D eigenvalue weighted by atomic mass is 16.5. The zero-order chi connectivity index (χ0) is 8.97. The summed E-state index contributed by atoms with van der Waals surface area (Å²) in [6.07, 6.45) is 5.15. The van der Waals surface area contributed by atoms with Crippen LogP contribution in [0.15, 0.2) is 0 Å². The fourth-order valence-corrected chi connectivity index (χ4v) is 1.88. The zero-order valence-corrected chi connectivity index (χ0v) is 8.01. The van der Waals surface area contributed by atoms with Crippen molar-refractivity contribution in [3.63, 3.8) is 0 Å². The van der Waals surface area contributed by atoms with Crippen molar-refractivity contribution in [3.05, 3.63) is 0 Å². The lowest BCUT2D eigenvalue weighted by Crippen LogP contribution is -2.30. The second-order valence-corrected chi connectivity index (χ2v) is 3.50. The van der Waals surface area contributed by atoms with Crippen LogP contribution in [0.3, 0.4) is 0 Å². The van der Waals surface area contributed by atoms with Gasteiger partial charge >= 0.3 is 5.97 Å². The first-order chi connectivity index (χ1) is 5.77. The van der Waals surface area contributed by atoms with Gasteiger partial charge in [0.05, 0.1) is 0 Å². The summed E-state index contributed by atoms with van der Waals surface area (Å²) >= 11 is 0. The Bertz CT molecular complexity index is 150. The molecule has 1 rings (SSSR count). The first kappa shape index (κ1) is 9.56. The van der Waals surface area contributed by atoms with Crippen LogP contribution in [0.5, 0.6) is 0 Å². The molecule has 1 aliphatic heterocycles. The molecule has 1 unspecified atom stereocenters. The van der Waals surface area contributed by atoms with Crippen LogP contribution in [0.2, 0.25) is 0 Å². The molecule has 2 nitrogen and oxygen atoms in total. The van der Waals surface area contributed by atoms with Crippen LogP contribution in [0.25, 0.3) is 0 Å². The van der Waals surface area contributed by atoms with E-state index in [0.29, 0.717) is 12.3 Å². The summed E-state index contributed by atoms with van der Waals surface area (Å²) < 4.78 is 5.29. The molecule has 0 saturated carbocycles. The van der Waals surface area contributed by atoms with Crippen molar-refractivity contribution in [2.75, 3.05) is 0 Å². The highest BCUT2D eigenvalue weighted by Gasteiger charge is 2.25. The van der Waals surface area contributed by atoms with Crippen LogP contribution in [0.1, 0.15) is 46.0 Å². The number of hydrogen-bond donors (Lipinski definition) is 0. The van der Waals surface area contributed by atoms with Crippen molar-refractivity contribution >= 4 is 5.97 Å². The number of esters is 1. The first-order valence-corrected chi connectivity index (χ1v) is 4.97. The molecule has 1 aliphatic rings. The SMILES string of the molecule is CCC(CC)C1CCCC(=O)O1. The number of cyclic esters (lactones) is 1. The molecule has 0 spiro atoms. The van der Waals surface area contributed by atoms with E-state index < -0.39 is 0 Å². The second kappa shape index (κ2) is 4.48. The molecule has 0 aliphatic carbocycles. The molecular formula is C10H18O2. The molecule has 2 heteroatoms. The Hall–Kier alpha value is -0.530. The van der Waals surface area contributed by atoms with E-state index in [9.17, 15) is 4.79 Å². The van der Waals surface area contributed by atoms with Crippen LogP contribution in [-0.4, -0.2) is 12.1 Å². The maximum Gasteiger partial charge on any atom is 0.306 e. The minimum Gasteiger partial charge on any atom is -0.462 e. The summed E-state index contributed by atoms with van der Waals surface area (Å²) in [6.45, 7) is 4.33. The molecule has 70 valence electrons. The van der Waals surface area contributed by atoms with Crippen molar-refractivity contribution in [2.24, 2.45) is 5.92 Å². The van der Waals surface area contributed by atoms with Gasteiger partial charge in [0.25, 0.3) is 0 Å². The van der Waals surface area contributed by atoms with Crippen molar-refractivity contribution in [1.82, 2.24) is 0 Å². The van der Waals surface area contributed by atoms with Gasteiger partial charge in [0.15, 0.2) is 0 Å². The molecule has 0 aromatic carbocycles. The lowest BCUT2D eigenvalue weighted by atomic mass is 9.91. The van der Waals surface area contributed by atoms with Crippen LogP contribution in [-0.2, 0) is 9.53 Å². The molecule has 0 radical (unpaired) electrons. The van der Waals surface area contributed by atoms with E-state index in [1.165, 1.54) is 0 Å². The van der Waals surface area contributed by atoms with Gasteiger partial charge in [0.2, 0.25) is 0 Å². The van der Waals surface area contributed by atoms with Crippen LogP contribution >= 0.6 is 0 Å². The molecule has 0 bridgehead atoms. The van der Waals surface area contributed by atoms with E-state index in [4.69, 9.17) is 4.74 Å². The number of carbonyl (C=O) groups excluding carboxylic acids is 1. The van der Waals surface area contributed by atoms with Gasteiger partial charge in [0.1, 0.15) is 6.10 Å². The predicted molar refractivity (Wildman–Crippen MR) is 47.8 cm³/mol. The lowest BCUT2D eigenvalue weighted by Gasteiger charge is -2.28. The molecule has 12 heavy (non-hydrogen) atoms. The van der Waals surface area contributed by atoms with Gasteiger partial charge in [-0.15, -0.1) is 0 Å². The summed E-state index contributed by atoms with van der Waals surface area (Å²) in [6, 6.07) is 0. The average Bonchev–Trinajstić information content (AvgIpc) is 2.07. The van der Waals surface area contributed by atoms with Gasteiger partial charge in [-0.2, -0.15) is 0 Å². The predicted octanol–water partition coefficient (Wildman–Crippen LogP) is 2.52. The smallest absolute Gasteiger partial charge is 0.306 e. The molecule has 1 atom stereocenters. The highest BCUT2D eigenvalue weighted by molar-refractivity contribution is 5.70. The van der Waals surface area contributed by atoms with E-state index in [1.807, 2.05) is 0 Å². The zero-order valence-electron chi connectivity index (χ0n) is 8.01. The third-order valence-corrected chi connectivity index (χ3v) is 2.73. The quantitative estimate of drug-likeness (QED) is 0.608. The molecule has 0 aromatic rings. The molecule has 0 N–H and O–H groups in total. The summed E-state index contributed by atoms with van der Waals surface area (Å²) in [4.78, 5) is 11.0. The molecular weight excluding hydrogens is 152 g/mol. The monoisotopic (exact) mass is 170 g/mol. The fourth-order valence-electron chi connectivity index (χ4n) is 1.88. The van der Waals surface area contributed by atoms with Crippen molar-refractivity contribution in [3.8, 4) is 0 Å². The molecule has 1 saturated heterocycles. The average molecular weight is 170 g/mol. The minimum atomic E-state index is -0.00171. The number of carbonyl (C=O) groups is 1. The Morgan fingerprint density at radius 2 is 2.17 bits per heavy atom. The van der Waals surface area contributed by atoms with Crippen LogP contribution in [0, 0.1) is 5.92 Å². The second-order valence-electron chi connectivity index (χ2n) is 3.50. The standard InChI is InChI=1S/C10H18O2/c1-3-8(4-2)9-6-5-7-10(11)12-9/h8-9H,3-7H2,1-2H3. The first-order valence-electron chi connectivity index (χ1n) is 4.97.